The second-order valence-electron chi connectivity index (χ2n) is 8.51. The number of hydrogen-bond acceptors (Lipinski definition) is 4. The van der Waals surface area contributed by atoms with Crippen LogP contribution in [0.2, 0.25) is 0 Å². The number of anilines is 1. The molecule has 0 unspecified atom stereocenters. The van der Waals surface area contributed by atoms with Crippen molar-refractivity contribution < 1.29 is 18.4 Å². The SMILES string of the molecule is CNCc1nc(-c2ccc(-c3ccc(NC(=O)c4ccccc4F)cc3F)c3c2C(=O)NC3)[nH]c1C. The number of benzene rings is 3. The lowest BCUT2D eigenvalue weighted by Crippen LogP contribution is -2.13. The predicted octanol–water partition coefficient (Wildman–Crippen LogP) is 4.55. The van der Waals surface area contributed by atoms with E-state index in [1.807, 2.05) is 14.0 Å². The fraction of sp³-hybridized carbons (Fsp3) is 0.148. The minimum absolute atomic E-state index is 0.133. The fourth-order valence-corrected chi connectivity index (χ4v) is 4.42. The molecule has 0 saturated heterocycles. The number of hydrogen-bond donors (Lipinski definition) is 4. The lowest BCUT2D eigenvalue weighted by molar-refractivity contribution is 0.0965. The molecule has 0 spiro atoms. The van der Waals surface area contributed by atoms with Crippen molar-refractivity contribution in [1.29, 1.82) is 0 Å². The number of aryl methyl sites for hydroxylation is 1. The smallest absolute Gasteiger partial charge is 0.258 e. The maximum atomic E-state index is 15.2. The molecule has 1 aliphatic heterocycles. The average molecular weight is 488 g/mol. The molecular weight excluding hydrogens is 464 g/mol. The highest BCUT2D eigenvalue weighted by molar-refractivity contribution is 6.06. The highest BCUT2D eigenvalue weighted by Crippen LogP contribution is 2.37. The van der Waals surface area contributed by atoms with Crippen LogP contribution in [-0.2, 0) is 13.1 Å². The van der Waals surface area contributed by atoms with Gasteiger partial charge < -0.3 is 20.9 Å². The van der Waals surface area contributed by atoms with Crippen LogP contribution in [-0.4, -0.2) is 28.8 Å². The number of imidazole rings is 1. The molecule has 0 bridgehead atoms. The molecule has 36 heavy (non-hydrogen) atoms. The molecular formula is C27H23F2N5O2. The number of amides is 2. The number of nitrogens with one attached hydrogen (secondary N) is 4. The number of rotatable bonds is 6. The number of aromatic amines is 1. The Labute approximate surface area is 206 Å². The summed E-state index contributed by atoms with van der Waals surface area (Å²) in [5, 5.41) is 8.42. The van der Waals surface area contributed by atoms with Crippen molar-refractivity contribution >= 4 is 17.5 Å². The first-order valence-electron chi connectivity index (χ1n) is 11.4. The molecule has 7 nitrogen and oxygen atoms in total. The molecule has 9 heteroatoms. The lowest BCUT2D eigenvalue weighted by Gasteiger charge is -2.13. The summed E-state index contributed by atoms with van der Waals surface area (Å²) in [7, 11) is 1.83. The summed E-state index contributed by atoms with van der Waals surface area (Å²) in [6, 6.07) is 13.3. The maximum absolute atomic E-state index is 15.2. The molecule has 0 radical (unpaired) electrons. The predicted molar refractivity (Wildman–Crippen MR) is 132 cm³/mol. The van der Waals surface area contributed by atoms with E-state index in [1.54, 1.807) is 24.3 Å². The second-order valence-corrected chi connectivity index (χ2v) is 8.51. The van der Waals surface area contributed by atoms with Crippen molar-refractivity contribution in [3.63, 3.8) is 0 Å². The maximum Gasteiger partial charge on any atom is 0.258 e. The fourth-order valence-electron chi connectivity index (χ4n) is 4.42. The summed E-state index contributed by atoms with van der Waals surface area (Å²) in [5.41, 5.74) is 4.42. The number of aromatic nitrogens is 2. The van der Waals surface area contributed by atoms with Gasteiger partial charge in [-0.05, 0) is 61.5 Å². The van der Waals surface area contributed by atoms with Gasteiger partial charge >= 0.3 is 0 Å². The van der Waals surface area contributed by atoms with Gasteiger partial charge in [-0.15, -0.1) is 0 Å². The van der Waals surface area contributed by atoms with E-state index in [0.717, 1.165) is 11.4 Å². The number of carbonyl (C=O) groups is 2. The van der Waals surface area contributed by atoms with Gasteiger partial charge in [-0.2, -0.15) is 0 Å². The van der Waals surface area contributed by atoms with Crippen LogP contribution in [0.25, 0.3) is 22.5 Å². The van der Waals surface area contributed by atoms with E-state index < -0.39 is 17.5 Å². The minimum Gasteiger partial charge on any atom is -0.348 e. The van der Waals surface area contributed by atoms with Gasteiger partial charge in [0.1, 0.15) is 17.5 Å². The zero-order chi connectivity index (χ0) is 25.4. The van der Waals surface area contributed by atoms with Crippen molar-refractivity contribution in [2.75, 3.05) is 12.4 Å². The zero-order valence-corrected chi connectivity index (χ0v) is 19.6. The highest BCUT2D eigenvalue weighted by Gasteiger charge is 2.28. The van der Waals surface area contributed by atoms with Crippen LogP contribution in [0.1, 0.15) is 37.7 Å². The van der Waals surface area contributed by atoms with Crippen molar-refractivity contribution in [2.24, 2.45) is 0 Å². The van der Waals surface area contributed by atoms with Crippen molar-refractivity contribution in [1.82, 2.24) is 20.6 Å². The summed E-state index contributed by atoms with van der Waals surface area (Å²) >= 11 is 0. The summed E-state index contributed by atoms with van der Waals surface area (Å²) in [6.07, 6.45) is 0. The second kappa shape index (κ2) is 9.35. The van der Waals surface area contributed by atoms with E-state index in [0.29, 0.717) is 34.6 Å². The number of fused-ring (bicyclic) bond motifs is 1. The third-order valence-corrected chi connectivity index (χ3v) is 6.19. The van der Waals surface area contributed by atoms with Gasteiger partial charge in [0.05, 0.1) is 16.8 Å². The van der Waals surface area contributed by atoms with Crippen LogP contribution < -0.4 is 16.0 Å². The molecule has 2 heterocycles. The van der Waals surface area contributed by atoms with Crippen molar-refractivity contribution in [2.45, 2.75) is 20.0 Å². The van der Waals surface area contributed by atoms with Crippen LogP contribution in [0, 0.1) is 18.6 Å². The molecule has 1 aliphatic rings. The first kappa shape index (κ1) is 23.4. The zero-order valence-electron chi connectivity index (χ0n) is 19.6. The Morgan fingerprint density at radius 1 is 1.03 bits per heavy atom. The monoisotopic (exact) mass is 487 g/mol. The standard InChI is InChI=1S/C27H23F2N5O2/c1-14-23(13-30-2)34-25(32-14)19-10-9-16(20-12-31-27(36)24(19)20)17-8-7-15(11-22(17)29)33-26(35)18-5-3-4-6-21(18)28/h3-11,30H,12-13H2,1-2H3,(H,31,36)(H,32,34)(H,33,35). The first-order valence-corrected chi connectivity index (χ1v) is 11.4. The molecule has 182 valence electrons. The van der Waals surface area contributed by atoms with Crippen LogP contribution in [0.15, 0.2) is 54.6 Å². The van der Waals surface area contributed by atoms with E-state index in [4.69, 9.17) is 0 Å². The third-order valence-electron chi connectivity index (χ3n) is 6.19. The largest absolute Gasteiger partial charge is 0.348 e. The van der Waals surface area contributed by atoms with Crippen LogP contribution in [0.3, 0.4) is 0 Å². The molecule has 2 amide bonds. The number of H-pyrrole nitrogens is 1. The summed E-state index contributed by atoms with van der Waals surface area (Å²) in [6.45, 7) is 2.76. The van der Waals surface area contributed by atoms with Crippen molar-refractivity contribution in [3.8, 4) is 22.5 Å². The molecule has 3 aromatic carbocycles. The van der Waals surface area contributed by atoms with Crippen molar-refractivity contribution in [3.05, 3.63) is 94.3 Å². The van der Waals surface area contributed by atoms with Gasteiger partial charge in [0.25, 0.3) is 11.8 Å². The number of halogens is 2. The van der Waals surface area contributed by atoms with Gasteiger partial charge in [-0.1, -0.05) is 18.2 Å². The van der Waals surface area contributed by atoms with Crippen LogP contribution in [0.4, 0.5) is 14.5 Å². The normalized spacial score (nSPS) is 12.4. The van der Waals surface area contributed by atoms with Gasteiger partial charge in [-0.25, -0.2) is 13.8 Å². The van der Waals surface area contributed by atoms with E-state index in [1.165, 1.54) is 30.3 Å². The van der Waals surface area contributed by atoms with E-state index in [9.17, 15) is 14.0 Å². The minimum atomic E-state index is -0.674. The topological polar surface area (TPSA) is 98.9 Å². The first-order chi connectivity index (χ1) is 17.4. The molecule has 0 saturated carbocycles. The van der Waals surface area contributed by atoms with Gasteiger partial charge in [0.15, 0.2) is 0 Å². The van der Waals surface area contributed by atoms with Crippen LogP contribution >= 0.6 is 0 Å². The average Bonchev–Trinajstić information content (AvgIpc) is 3.42. The number of carbonyl (C=O) groups excluding carboxylic acids is 2. The lowest BCUT2D eigenvalue weighted by atomic mass is 9.92. The van der Waals surface area contributed by atoms with Crippen LogP contribution in [0.5, 0.6) is 0 Å². The van der Waals surface area contributed by atoms with Gasteiger partial charge in [0, 0.05) is 35.6 Å². The molecule has 0 aliphatic carbocycles. The molecule has 5 rings (SSSR count). The Bertz CT molecular complexity index is 1510. The molecule has 0 fully saturated rings. The van der Waals surface area contributed by atoms with E-state index in [-0.39, 0.29) is 29.3 Å². The summed E-state index contributed by atoms with van der Waals surface area (Å²) < 4.78 is 29.1. The third kappa shape index (κ3) is 4.14. The van der Waals surface area contributed by atoms with Gasteiger partial charge in [-0.3, -0.25) is 9.59 Å². The molecule has 4 N–H and O–H groups in total. The Morgan fingerprint density at radius 2 is 1.78 bits per heavy atom. The van der Waals surface area contributed by atoms with Gasteiger partial charge in [0.2, 0.25) is 0 Å². The summed E-state index contributed by atoms with van der Waals surface area (Å²) in [4.78, 5) is 33.0. The Morgan fingerprint density at radius 3 is 2.53 bits per heavy atom. The highest BCUT2D eigenvalue weighted by atomic mass is 19.1. The summed E-state index contributed by atoms with van der Waals surface area (Å²) in [5.74, 6) is -1.60. The Balaban J connectivity index is 1.49. The van der Waals surface area contributed by atoms with E-state index >= 15 is 4.39 Å². The Hall–Kier alpha value is -4.37. The van der Waals surface area contributed by atoms with E-state index in [2.05, 4.69) is 25.9 Å². The quantitative estimate of drug-likeness (QED) is 0.321. The number of nitrogens with zero attached hydrogens (tertiary/aromatic N) is 1. The molecule has 0 atom stereocenters. The Kier molecular flexibility index (Phi) is 6.07. The molecule has 4 aromatic rings. The molecule has 1 aromatic heterocycles.